The highest BCUT2D eigenvalue weighted by molar-refractivity contribution is 8.00. The molecule has 9 heteroatoms. The molecule has 6 nitrogen and oxygen atoms in total. The van der Waals surface area contributed by atoms with Crippen LogP contribution in [0.4, 0.5) is 20.2 Å². The Morgan fingerprint density at radius 2 is 1.90 bits per heavy atom. The molecule has 152 valence electrons. The van der Waals surface area contributed by atoms with E-state index in [2.05, 4.69) is 10.6 Å². The lowest BCUT2D eigenvalue weighted by Crippen LogP contribution is -2.38. The third-order valence-corrected chi connectivity index (χ3v) is 5.57. The predicted molar refractivity (Wildman–Crippen MR) is 107 cm³/mol. The zero-order chi connectivity index (χ0) is 21.1. The number of carbonyl (C=O) groups is 3. The maximum atomic E-state index is 13.7. The van der Waals surface area contributed by atoms with Gasteiger partial charge in [0.05, 0.1) is 10.9 Å². The number of likely N-dealkylation sites (N-methyl/N-ethyl adjacent to an activating group) is 1. The SMILES string of the molecule is CCN(CC(=O)Nc1c(F)cccc1F)C(=O)c1ccc2c(c1)NC(=O)C(C)S2. The summed E-state index contributed by atoms with van der Waals surface area (Å²) in [5.41, 5.74) is 0.285. The van der Waals surface area contributed by atoms with Crippen molar-refractivity contribution in [2.24, 2.45) is 0 Å². The van der Waals surface area contributed by atoms with Gasteiger partial charge in [0.15, 0.2) is 0 Å². The summed E-state index contributed by atoms with van der Waals surface area (Å²) >= 11 is 1.40. The van der Waals surface area contributed by atoms with Gasteiger partial charge in [-0.2, -0.15) is 0 Å². The van der Waals surface area contributed by atoms with E-state index in [1.165, 1.54) is 22.7 Å². The van der Waals surface area contributed by atoms with Gasteiger partial charge in [0.2, 0.25) is 11.8 Å². The van der Waals surface area contributed by atoms with E-state index in [1.54, 1.807) is 32.0 Å². The molecule has 3 amide bonds. The molecule has 3 rings (SSSR count). The van der Waals surface area contributed by atoms with E-state index in [0.717, 1.165) is 17.0 Å². The molecule has 0 aromatic heterocycles. The fraction of sp³-hybridized carbons (Fsp3) is 0.250. The van der Waals surface area contributed by atoms with Crippen molar-refractivity contribution >= 4 is 40.9 Å². The first-order valence-electron chi connectivity index (χ1n) is 8.94. The molecule has 1 heterocycles. The van der Waals surface area contributed by atoms with Gasteiger partial charge in [0.1, 0.15) is 23.9 Å². The molecule has 0 fully saturated rings. The third-order valence-electron chi connectivity index (χ3n) is 4.39. The number of nitrogens with one attached hydrogen (secondary N) is 2. The fourth-order valence-corrected chi connectivity index (χ4v) is 3.75. The second-order valence-corrected chi connectivity index (χ2v) is 7.81. The number of hydrogen-bond donors (Lipinski definition) is 2. The van der Waals surface area contributed by atoms with Crippen LogP contribution in [0.5, 0.6) is 0 Å². The van der Waals surface area contributed by atoms with Gasteiger partial charge in [-0.3, -0.25) is 14.4 Å². The average Bonchev–Trinajstić information content (AvgIpc) is 2.69. The maximum Gasteiger partial charge on any atom is 0.254 e. The van der Waals surface area contributed by atoms with Crippen LogP contribution in [-0.2, 0) is 9.59 Å². The second kappa shape index (κ2) is 8.60. The van der Waals surface area contributed by atoms with Gasteiger partial charge in [0.25, 0.3) is 5.91 Å². The minimum atomic E-state index is -0.898. The van der Waals surface area contributed by atoms with Crippen molar-refractivity contribution in [3.63, 3.8) is 0 Å². The van der Waals surface area contributed by atoms with Crippen LogP contribution in [0.2, 0.25) is 0 Å². The minimum absolute atomic E-state index is 0.147. The van der Waals surface area contributed by atoms with Crippen molar-refractivity contribution in [1.29, 1.82) is 0 Å². The Balaban J connectivity index is 1.73. The minimum Gasteiger partial charge on any atom is -0.330 e. The van der Waals surface area contributed by atoms with E-state index in [4.69, 9.17) is 0 Å². The van der Waals surface area contributed by atoms with Gasteiger partial charge in [0, 0.05) is 17.0 Å². The molecule has 1 atom stereocenters. The number of carbonyl (C=O) groups excluding carboxylic acids is 3. The number of amides is 3. The third kappa shape index (κ3) is 4.56. The predicted octanol–water partition coefficient (Wildman–Crippen LogP) is 3.50. The maximum absolute atomic E-state index is 13.7. The summed E-state index contributed by atoms with van der Waals surface area (Å²) in [6.07, 6.45) is 0. The summed E-state index contributed by atoms with van der Waals surface area (Å²) in [7, 11) is 0. The van der Waals surface area contributed by atoms with Crippen molar-refractivity contribution in [3.8, 4) is 0 Å². The quantitative estimate of drug-likeness (QED) is 0.778. The zero-order valence-electron chi connectivity index (χ0n) is 15.8. The Morgan fingerprint density at radius 3 is 2.55 bits per heavy atom. The first-order chi connectivity index (χ1) is 13.8. The van der Waals surface area contributed by atoms with Crippen LogP contribution in [0.1, 0.15) is 24.2 Å². The fourth-order valence-electron chi connectivity index (χ4n) is 2.82. The zero-order valence-corrected chi connectivity index (χ0v) is 16.6. The average molecular weight is 419 g/mol. The molecule has 1 unspecified atom stereocenters. The Kier molecular flexibility index (Phi) is 6.17. The molecule has 1 aliphatic heterocycles. The van der Waals surface area contributed by atoms with E-state index in [-0.39, 0.29) is 24.2 Å². The molecule has 2 aromatic carbocycles. The summed E-state index contributed by atoms with van der Waals surface area (Å²) < 4.78 is 27.4. The Labute approximate surface area is 170 Å². The molecule has 0 radical (unpaired) electrons. The van der Waals surface area contributed by atoms with Crippen LogP contribution in [0.25, 0.3) is 0 Å². The van der Waals surface area contributed by atoms with Gasteiger partial charge in [-0.25, -0.2) is 8.78 Å². The number of rotatable bonds is 5. The molecule has 0 saturated carbocycles. The molecule has 1 aliphatic rings. The normalized spacial score (nSPS) is 15.3. The Morgan fingerprint density at radius 1 is 1.21 bits per heavy atom. The van der Waals surface area contributed by atoms with Crippen LogP contribution in [-0.4, -0.2) is 41.0 Å². The van der Waals surface area contributed by atoms with Crippen LogP contribution in [0.15, 0.2) is 41.3 Å². The molecule has 29 heavy (non-hydrogen) atoms. The van der Waals surface area contributed by atoms with E-state index in [0.29, 0.717) is 11.3 Å². The summed E-state index contributed by atoms with van der Waals surface area (Å²) in [6.45, 7) is 3.31. The van der Waals surface area contributed by atoms with Gasteiger partial charge >= 0.3 is 0 Å². The van der Waals surface area contributed by atoms with Gasteiger partial charge in [-0.1, -0.05) is 6.07 Å². The topological polar surface area (TPSA) is 78.5 Å². The standard InChI is InChI=1S/C20H19F2N3O3S/c1-3-25(10-17(26)24-18-13(21)5-4-6-14(18)22)20(28)12-7-8-16-15(9-12)23-19(27)11(2)29-16/h4-9,11H,3,10H2,1-2H3,(H,23,27)(H,24,26). The van der Waals surface area contributed by atoms with E-state index >= 15 is 0 Å². The van der Waals surface area contributed by atoms with E-state index in [1.807, 2.05) is 0 Å². The lowest BCUT2D eigenvalue weighted by molar-refractivity contribution is -0.117. The summed E-state index contributed by atoms with van der Waals surface area (Å²) in [5, 5.41) is 4.70. The van der Waals surface area contributed by atoms with Gasteiger partial charge in [-0.05, 0) is 44.2 Å². The number of halogens is 2. The summed E-state index contributed by atoms with van der Waals surface area (Å²) in [4.78, 5) is 39.0. The Hall–Kier alpha value is -2.94. The van der Waals surface area contributed by atoms with Crippen LogP contribution in [0.3, 0.4) is 0 Å². The van der Waals surface area contributed by atoms with E-state index < -0.39 is 29.1 Å². The number of fused-ring (bicyclic) bond motifs is 1. The molecule has 0 spiro atoms. The van der Waals surface area contributed by atoms with Crippen molar-refractivity contribution < 1.29 is 23.2 Å². The van der Waals surface area contributed by atoms with E-state index in [9.17, 15) is 23.2 Å². The lowest BCUT2D eigenvalue weighted by atomic mass is 10.1. The smallest absolute Gasteiger partial charge is 0.254 e. The first-order valence-corrected chi connectivity index (χ1v) is 9.82. The van der Waals surface area contributed by atoms with Crippen molar-refractivity contribution in [2.45, 2.75) is 24.0 Å². The van der Waals surface area contributed by atoms with Gasteiger partial charge in [-0.15, -0.1) is 11.8 Å². The largest absolute Gasteiger partial charge is 0.330 e. The molecular weight excluding hydrogens is 400 g/mol. The number of benzene rings is 2. The molecule has 2 aromatic rings. The number of hydrogen-bond acceptors (Lipinski definition) is 4. The number of thioether (sulfide) groups is 1. The highest BCUT2D eigenvalue weighted by Gasteiger charge is 2.25. The van der Waals surface area contributed by atoms with Crippen molar-refractivity contribution in [3.05, 3.63) is 53.6 Å². The number of anilines is 2. The first kappa shape index (κ1) is 20.8. The summed E-state index contributed by atoms with van der Waals surface area (Å²) in [5.74, 6) is -3.10. The monoisotopic (exact) mass is 419 g/mol. The highest BCUT2D eigenvalue weighted by Crippen LogP contribution is 2.36. The lowest BCUT2D eigenvalue weighted by Gasteiger charge is -2.24. The molecule has 2 N–H and O–H groups in total. The van der Waals surface area contributed by atoms with Crippen molar-refractivity contribution in [2.75, 3.05) is 23.7 Å². The molecular formula is C20H19F2N3O3S. The number of nitrogens with zero attached hydrogens (tertiary/aromatic N) is 1. The second-order valence-electron chi connectivity index (χ2n) is 6.42. The summed E-state index contributed by atoms with van der Waals surface area (Å²) in [6, 6.07) is 8.17. The van der Waals surface area contributed by atoms with Crippen molar-refractivity contribution in [1.82, 2.24) is 4.90 Å². The molecule has 0 saturated heterocycles. The van der Waals surface area contributed by atoms with Crippen LogP contribution in [0, 0.1) is 11.6 Å². The number of para-hydroxylation sites is 1. The van der Waals surface area contributed by atoms with Crippen LogP contribution >= 0.6 is 11.8 Å². The highest BCUT2D eigenvalue weighted by atomic mass is 32.2. The Bertz CT molecular complexity index is 963. The van der Waals surface area contributed by atoms with Gasteiger partial charge < -0.3 is 15.5 Å². The van der Waals surface area contributed by atoms with Crippen LogP contribution < -0.4 is 10.6 Å². The molecule has 0 aliphatic carbocycles. The molecule has 0 bridgehead atoms.